The molecular formula is C13H19Cl2NO. The van der Waals surface area contributed by atoms with Crippen molar-refractivity contribution in [2.75, 3.05) is 0 Å². The Hall–Kier alpha value is -0.440. The van der Waals surface area contributed by atoms with E-state index in [1.807, 2.05) is 26.0 Å². The molecule has 4 heteroatoms. The van der Waals surface area contributed by atoms with Crippen LogP contribution < -0.4 is 10.5 Å². The molecule has 96 valence electrons. The number of halogens is 2. The molecule has 2 N–H and O–H groups in total. The lowest BCUT2D eigenvalue weighted by Gasteiger charge is -2.17. The summed E-state index contributed by atoms with van der Waals surface area (Å²) in [4.78, 5) is 0. The first kappa shape index (κ1) is 14.6. The van der Waals surface area contributed by atoms with Gasteiger partial charge in [-0.3, -0.25) is 0 Å². The van der Waals surface area contributed by atoms with Crippen LogP contribution in [0.3, 0.4) is 0 Å². The number of rotatable bonds is 5. The Balaban J connectivity index is 3.00. The molecule has 0 bridgehead atoms. The van der Waals surface area contributed by atoms with E-state index in [0.717, 1.165) is 18.4 Å². The van der Waals surface area contributed by atoms with Crippen LogP contribution in [-0.2, 0) is 0 Å². The van der Waals surface area contributed by atoms with E-state index >= 15 is 0 Å². The molecule has 0 saturated heterocycles. The molecule has 0 amide bonds. The van der Waals surface area contributed by atoms with Gasteiger partial charge in [0.1, 0.15) is 0 Å². The van der Waals surface area contributed by atoms with Crippen molar-refractivity contribution in [2.45, 2.75) is 45.8 Å². The van der Waals surface area contributed by atoms with Gasteiger partial charge in [0, 0.05) is 6.04 Å². The second-order valence-corrected chi connectivity index (χ2v) is 5.19. The second-order valence-electron chi connectivity index (χ2n) is 4.38. The number of hydrogen-bond acceptors (Lipinski definition) is 2. The van der Waals surface area contributed by atoms with Crippen LogP contribution in [0.5, 0.6) is 5.75 Å². The van der Waals surface area contributed by atoms with E-state index < -0.39 is 0 Å². The van der Waals surface area contributed by atoms with E-state index in [-0.39, 0.29) is 12.1 Å². The van der Waals surface area contributed by atoms with E-state index in [0.29, 0.717) is 15.8 Å². The third-order valence-electron chi connectivity index (χ3n) is 2.40. The van der Waals surface area contributed by atoms with Gasteiger partial charge in [-0.25, -0.2) is 0 Å². The topological polar surface area (TPSA) is 35.2 Å². The maximum atomic E-state index is 6.16. The molecule has 1 atom stereocenters. The molecule has 1 aromatic rings. The summed E-state index contributed by atoms with van der Waals surface area (Å²) in [5.74, 6) is 0.538. The van der Waals surface area contributed by atoms with Crippen LogP contribution in [0, 0.1) is 0 Å². The molecule has 2 nitrogen and oxygen atoms in total. The van der Waals surface area contributed by atoms with Crippen LogP contribution in [0.25, 0.3) is 0 Å². The van der Waals surface area contributed by atoms with Gasteiger partial charge in [-0.1, -0.05) is 36.5 Å². The van der Waals surface area contributed by atoms with Crippen molar-refractivity contribution < 1.29 is 4.74 Å². The zero-order valence-corrected chi connectivity index (χ0v) is 12.0. The molecule has 0 heterocycles. The Morgan fingerprint density at radius 1 is 1.24 bits per heavy atom. The number of ether oxygens (including phenoxy) is 1. The Kier molecular flexibility index (Phi) is 5.57. The van der Waals surface area contributed by atoms with Crippen LogP contribution in [0.15, 0.2) is 12.1 Å². The largest absolute Gasteiger partial charge is 0.488 e. The number of hydrogen-bond donors (Lipinski definition) is 1. The average molecular weight is 276 g/mol. The van der Waals surface area contributed by atoms with Gasteiger partial charge in [-0.2, -0.15) is 0 Å². The summed E-state index contributed by atoms with van der Waals surface area (Å²) in [6.45, 7) is 5.96. The Bertz CT molecular complexity index is 357. The van der Waals surface area contributed by atoms with Gasteiger partial charge in [0.05, 0.1) is 16.1 Å². The molecule has 0 fully saturated rings. The monoisotopic (exact) mass is 275 g/mol. The minimum absolute atomic E-state index is 0.0249. The van der Waals surface area contributed by atoms with Crippen LogP contribution in [0.4, 0.5) is 0 Å². The zero-order chi connectivity index (χ0) is 13.0. The maximum Gasteiger partial charge on any atom is 0.156 e. The first-order chi connectivity index (χ1) is 7.95. The third-order valence-corrected chi connectivity index (χ3v) is 2.96. The summed E-state index contributed by atoms with van der Waals surface area (Å²) in [5, 5.41) is 1.04. The van der Waals surface area contributed by atoms with Gasteiger partial charge in [0.15, 0.2) is 5.75 Å². The van der Waals surface area contributed by atoms with Crippen LogP contribution in [-0.4, -0.2) is 6.10 Å². The molecule has 0 spiro atoms. The zero-order valence-electron chi connectivity index (χ0n) is 10.5. The highest BCUT2D eigenvalue weighted by Crippen LogP contribution is 2.36. The molecule has 0 aliphatic rings. The van der Waals surface area contributed by atoms with Gasteiger partial charge >= 0.3 is 0 Å². The molecule has 1 rings (SSSR count). The predicted octanol–water partition coefficient (Wildman–Crippen LogP) is 4.58. The van der Waals surface area contributed by atoms with Crippen molar-refractivity contribution in [1.82, 2.24) is 0 Å². The van der Waals surface area contributed by atoms with E-state index in [2.05, 4.69) is 6.92 Å². The van der Waals surface area contributed by atoms with Gasteiger partial charge in [0.25, 0.3) is 0 Å². The lowest BCUT2D eigenvalue weighted by atomic mass is 10.0. The third kappa shape index (κ3) is 4.06. The number of nitrogens with two attached hydrogens (primary N) is 1. The van der Waals surface area contributed by atoms with Crippen molar-refractivity contribution in [3.8, 4) is 5.75 Å². The summed E-state index contributed by atoms with van der Waals surface area (Å²) >= 11 is 12.3. The molecular weight excluding hydrogens is 257 g/mol. The van der Waals surface area contributed by atoms with Gasteiger partial charge in [0.2, 0.25) is 0 Å². The smallest absolute Gasteiger partial charge is 0.156 e. The normalized spacial score (nSPS) is 12.9. The summed E-state index contributed by atoms with van der Waals surface area (Å²) in [5.41, 5.74) is 6.99. The number of benzene rings is 1. The first-order valence-corrected chi connectivity index (χ1v) is 6.62. The quantitative estimate of drug-likeness (QED) is 0.854. The molecule has 0 saturated carbocycles. The average Bonchev–Trinajstić information content (AvgIpc) is 2.23. The molecule has 1 unspecified atom stereocenters. The van der Waals surface area contributed by atoms with E-state index in [9.17, 15) is 0 Å². The lowest BCUT2D eigenvalue weighted by Crippen LogP contribution is -2.11. The SMILES string of the molecule is CCCC(N)c1cc(Cl)c(OC(C)C)c(Cl)c1. The fraction of sp³-hybridized carbons (Fsp3) is 0.538. The molecule has 0 aliphatic heterocycles. The van der Waals surface area contributed by atoms with E-state index in [1.165, 1.54) is 0 Å². The Labute approximate surface area is 113 Å². The Morgan fingerprint density at radius 3 is 2.18 bits per heavy atom. The highest BCUT2D eigenvalue weighted by Gasteiger charge is 2.14. The van der Waals surface area contributed by atoms with Crippen molar-refractivity contribution >= 4 is 23.2 Å². The van der Waals surface area contributed by atoms with E-state index in [1.54, 1.807) is 0 Å². The highest BCUT2D eigenvalue weighted by molar-refractivity contribution is 6.37. The maximum absolute atomic E-state index is 6.16. The predicted molar refractivity (Wildman–Crippen MR) is 74.1 cm³/mol. The van der Waals surface area contributed by atoms with Crippen molar-refractivity contribution in [1.29, 1.82) is 0 Å². The molecule has 1 aromatic carbocycles. The first-order valence-electron chi connectivity index (χ1n) is 5.86. The van der Waals surface area contributed by atoms with Crippen molar-refractivity contribution in [3.63, 3.8) is 0 Å². The molecule has 0 aliphatic carbocycles. The van der Waals surface area contributed by atoms with Crippen LogP contribution >= 0.6 is 23.2 Å². The Morgan fingerprint density at radius 2 is 1.76 bits per heavy atom. The van der Waals surface area contributed by atoms with Crippen LogP contribution in [0.1, 0.15) is 45.2 Å². The van der Waals surface area contributed by atoms with Gasteiger partial charge in [-0.05, 0) is 38.0 Å². The minimum atomic E-state index is -0.0249. The minimum Gasteiger partial charge on any atom is -0.488 e. The molecule has 17 heavy (non-hydrogen) atoms. The highest BCUT2D eigenvalue weighted by atomic mass is 35.5. The van der Waals surface area contributed by atoms with Crippen molar-refractivity contribution in [3.05, 3.63) is 27.7 Å². The lowest BCUT2D eigenvalue weighted by molar-refractivity contribution is 0.242. The molecule has 0 aromatic heterocycles. The van der Waals surface area contributed by atoms with Crippen molar-refractivity contribution in [2.24, 2.45) is 5.73 Å². The summed E-state index contributed by atoms with van der Waals surface area (Å²) in [6, 6.07) is 3.65. The second kappa shape index (κ2) is 6.48. The summed E-state index contributed by atoms with van der Waals surface area (Å²) in [7, 11) is 0. The van der Waals surface area contributed by atoms with Gasteiger partial charge in [-0.15, -0.1) is 0 Å². The summed E-state index contributed by atoms with van der Waals surface area (Å²) in [6.07, 6.45) is 1.98. The van der Waals surface area contributed by atoms with E-state index in [4.69, 9.17) is 33.7 Å². The van der Waals surface area contributed by atoms with Gasteiger partial charge < -0.3 is 10.5 Å². The van der Waals surface area contributed by atoms with Crippen LogP contribution in [0.2, 0.25) is 10.0 Å². The standard InChI is InChI=1S/C13H19Cl2NO/c1-4-5-12(16)9-6-10(14)13(11(15)7-9)17-8(2)3/h6-8,12H,4-5,16H2,1-3H3. The fourth-order valence-corrected chi connectivity index (χ4v) is 2.21. The fourth-order valence-electron chi connectivity index (χ4n) is 1.62. The summed E-state index contributed by atoms with van der Waals surface area (Å²) < 4.78 is 5.57. The molecule has 0 radical (unpaired) electrons.